The molecule has 0 rings (SSSR count). The fourth-order valence-corrected chi connectivity index (χ4v) is 2.20. The summed E-state index contributed by atoms with van der Waals surface area (Å²) in [5.41, 5.74) is -3.58. The third kappa shape index (κ3) is 8.88. The molecule has 0 N–H and O–H groups in total. The molecule has 0 heterocycles. The molecule has 0 aromatic heterocycles. The monoisotopic (exact) mass is 388 g/mol. The smallest absolute Gasteiger partial charge is 0.324 e. The maximum Gasteiger partial charge on any atom is 0.324 e. The molecule has 0 fully saturated rings. The van der Waals surface area contributed by atoms with Crippen LogP contribution in [0.5, 0.6) is 0 Å². The van der Waals surface area contributed by atoms with Gasteiger partial charge >= 0.3 is 23.9 Å². The van der Waals surface area contributed by atoms with Crippen LogP contribution in [0.25, 0.3) is 0 Å². The Morgan fingerprint density at radius 1 is 0.630 bits per heavy atom. The van der Waals surface area contributed by atoms with Crippen LogP contribution in [0.4, 0.5) is 0 Å². The average molecular weight is 388 g/mol. The van der Waals surface area contributed by atoms with Gasteiger partial charge in [-0.25, -0.2) is 0 Å². The zero-order chi connectivity index (χ0) is 21.5. The van der Waals surface area contributed by atoms with Crippen LogP contribution in [0.15, 0.2) is 0 Å². The van der Waals surface area contributed by atoms with Crippen molar-refractivity contribution in [3.05, 3.63) is 0 Å². The minimum atomic E-state index is -1.83. The number of methoxy groups -OCH3 is 2. The minimum Gasteiger partial charge on any atom is -0.469 e. The predicted octanol–water partition coefficient (Wildman–Crippen LogP) is 2.56. The summed E-state index contributed by atoms with van der Waals surface area (Å²) in [5, 5.41) is 0. The van der Waals surface area contributed by atoms with Crippen molar-refractivity contribution in [2.45, 2.75) is 78.4 Å². The third-order valence-corrected chi connectivity index (χ3v) is 3.55. The Labute approximate surface area is 160 Å². The summed E-state index contributed by atoms with van der Waals surface area (Å²) in [7, 11) is 2.42. The second-order valence-electron chi connectivity index (χ2n) is 8.24. The number of carbonyl (C=O) groups excluding carboxylic acids is 4. The number of ether oxygens (including phenoxy) is 4. The molecule has 0 spiro atoms. The molecule has 0 aromatic carbocycles. The van der Waals surface area contributed by atoms with Gasteiger partial charge in [-0.05, 0) is 54.4 Å². The highest BCUT2D eigenvalue weighted by atomic mass is 16.6. The van der Waals surface area contributed by atoms with Crippen LogP contribution < -0.4 is 0 Å². The fraction of sp³-hybridized carbons (Fsp3) is 0.789. The van der Waals surface area contributed by atoms with E-state index in [4.69, 9.17) is 9.47 Å². The molecule has 0 atom stereocenters. The summed E-state index contributed by atoms with van der Waals surface area (Å²) < 4.78 is 20.1. The normalized spacial score (nSPS) is 12.1. The Kier molecular flexibility index (Phi) is 8.95. The van der Waals surface area contributed by atoms with Crippen molar-refractivity contribution >= 4 is 23.9 Å². The first kappa shape index (κ1) is 24.9. The third-order valence-electron chi connectivity index (χ3n) is 3.55. The van der Waals surface area contributed by atoms with E-state index in [1.807, 2.05) is 0 Å². The lowest BCUT2D eigenvalue weighted by Crippen LogP contribution is -2.47. The Morgan fingerprint density at radius 3 is 1.15 bits per heavy atom. The van der Waals surface area contributed by atoms with Gasteiger partial charge in [-0.15, -0.1) is 0 Å². The molecule has 0 radical (unpaired) electrons. The standard InChI is InChI=1S/C19H32O8/c1-17(2,3)26-15(22)19(11-9-13(20)24-7,12-10-14(21)25-8)16(23)27-18(4,5)6/h9-12H2,1-8H3. The van der Waals surface area contributed by atoms with Crippen LogP contribution in [0.1, 0.15) is 67.2 Å². The van der Waals surface area contributed by atoms with E-state index >= 15 is 0 Å². The van der Waals surface area contributed by atoms with E-state index in [0.717, 1.165) is 0 Å². The molecule has 27 heavy (non-hydrogen) atoms. The van der Waals surface area contributed by atoms with Gasteiger partial charge in [-0.3, -0.25) is 19.2 Å². The largest absolute Gasteiger partial charge is 0.469 e. The highest BCUT2D eigenvalue weighted by Gasteiger charge is 2.51. The van der Waals surface area contributed by atoms with Gasteiger partial charge in [-0.2, -0.15) is 0 Å². The lowest BCUT2D eigenvalue weighted by molar-refractivity contribution is -0.187. The summed E-state index contributed by atoms with van der Waals surface area (Å²) >= 11 is 0. The molecule has 0 aliphatic carbocycles. The van der Waals surface area contributed by atoms with E-state index in [1.165, 1.54) is 14.2 Å². The lowest BCUT2D eigenvalue weighted by atomic mass is 9.78. The molecule has 0 saturated carbocycles. The van der Waals surface area contributed by atoms with Crippen molar-refractivity contribution < 1.29 is 38.1 Å². The molecule has 0 unspecified atom stereocenters. The molecule has 156 valence electrons. The molecule has 8 nitrogen and oxygen atoms in total. The second kappa shape index (κ2) is 9.71. The summed E-state index contributed by atoms with van der Waals surface area (Å²) in [4.78, 5) is 49.3. The topological polar surface area (TPSA) is 105 Å². The molecular weight excluding hydrogens is 356 g/mol. The fourth-order valence-electron chi connectivity index (χ4n) is 2.20. The van der Waals surface area contributed by atoms with Gasteiger partial charge in [-0.1, -0.05) is 0 Å². The van der Waals surface area contributed by atoms with Crippen molar-refractivity contribution in [1.82, 2.24) is 0 Å². The van der Waals surface area contributed by atoms with Gasteiger partial charge < -0.3 is 18.9 Å². The zero-order valence-corrected chi connectivity index (χ0v) is 17.6. The second-order valence-corrected chi connectivity index (χ2v) is 8.24. The summed E-state index contributed by atoms with van der Waals surface area (Å²) in [6.45, 7) is 9.95. The van der Waals surface area contributed by atoms with Crippen LogP contribution in [-0.4, -0.2) is 49.3 Å². The Bertz CT molecular complexity index is 501. The van der Waals surface area contributed by atoms with Crippen LogP contribution in [0.2, 0.25) is 0 Å². The van der Waals surface area contributed by atoms with Crippen LogP contribution in [0, 0.1) is 5.41 Å². The van der Waals surface area contributed by atoms with E-state index in [-0.39, 0.29) is 25.7 Å². The Morgan fingerprint density at radius 2 is 0.926 bits per heavy atom. The summed E-state index contributed by atoms with van der Waals surface area (Å²) in [6.07, 6.45) is -0.840. The predicted molar refractivity (Wildman–Crippen MR) is 96.6 cm³/mol. The number of rotatable bonds is 8. The van der Waals surface area contributed by atoms with E-state index in [9.17, 15) is 19.2 Å². The number of esters is 4. The average Bonchev–Trinajstić information content (AvgIpc) is 2.50. The maximum absolute atomic E-state index is 13.0. The van der Waals surface area contributed by atoms with Crippen molar-refractivity contribution in [2.24, 2.45) is 5.41 Å². The van der Waals surface area contributed by atoms with E-state index in [1.54, 1.807) is 41.5 Å². The SMILES string of the molecule is COC(=O)CCC(CCC(=O)OC)(C(=O)OC(C)(C)C)C(=O)OC(C)(C)C. The Balaban J connectivity index is 5.99. The summed E-state index contributed by atoms with van der Waals surface area (Å²) in [5.74, 6) is -2.89. The first-order valence-corrected chi connectivity index (χ1v) is 8.77. The van der Waals surface area contributed by atoms with Crippen molar-refractivity contribution in [3.63, 3.8) is 0 Å². The first-order valence-electron chi connectivity index (χ1n) is 8.77. The zero-order valence-electron chi connectivity index (χ0n) is 17.6. The molecular formula is C19H32O8. The van der Waals surface area contributed by atoms with Crippen LogP contribution in [-0.2, 0) is 38.1 Å². The van der Waals surface area contributed by atoms with Gasteiger partial charge in [0.1, 0.15) is 11.2 Å². The van der Waals surface area contributed by atoms with Gasteiger partial charge in [0.25, 0.3) is 0 Å². The van der Waals surface area contributed by atoms with Gasteiger partial charge in [0.2, 0.25) is 0 Å². The Hall–Kier alpha value is -2.12. The van der Waals surface area contributed by atoms with Crippen LogP contribution in [0.3, 0.4) is 0 Å². The molecule has 0 aliphatic rings. The highest BCUT2D eigenvalue weighted by Crippen LogP contribution is 2.36. The number of hydrogen-bond acceptors (Lipinski definition) is 8. The summed E-state index contributed by atoms with van der Waals surface area (Å²) in [6, 6.07) is 0. The van der Waals surface area contributed by atoms with Crippen molar-refractivity contribution in [2.75, 3.05) is 14.2 Å². The molecule has 0 bridgehead atoms. The van der Waals surface area contributed by atoms with E-state index < -0.39 is 40.5 Å². The van der Waals surface area contributed by atoms with E-state index in [0.29, 0.717) is 0 Å². The molecule has 0 amide bonds. The molecule has 0 aromatic rings. The number of carbonyl (C=O) groups is 4. The van der Waals surface area contributed by atoms with Crippen molar-refractivity contribution in [1.29, 1.82) is 0 Å². The lowest BCUT2D eigenvalue weighted by Gasteiger charge is -2.34. The van der Waals surface area contributed by atoms with Gasteiger partial charge in [0, 0.05) is 12.8 Å². The minimum absolute atomic E-state index is 0.208. The highest BCUT2D eigenvalue weighted by molar-refractivity contribution is 6.01. The number of hydrogen-bond donors (Lipinski definition) is 0. The van der Waals surface area contributed by atoms with Crippen LogP contribution >= 0.6 is 0 Å². The molecule has 0 saturated heterocycles. The maximum atomic E-state index is 13.0. The molecule has 0 aliphatic heterocycles. The van der Waals surface area contributed by atoms with Gasteiger partial charge in [0.05, 0.1) is 14.2 Å². The molecule has 8 heteroatoms. The van der Waals surface area contributed by atoms with E-state index in [2.05, 4.69) is 9.47 Å². The van der Waals surface area contributed by atoms with Gasteiger partial charge in [0.15, 0.2) is 5.41 Å². The quantitative estimate of drug-likeness (QED) is 0.355. The van der Waals surface area contributed by atoms with Crippen molar-refractivity contribution in [3.8, 4) is 0 Å². The first-order chi connectivity index (χ1) is 12.2.